The van der Waals surface area contributed by atoms with E-state index in [1.807, 2.05) is 6.92 Å². The Bertz CT molecular complexity index is 945. The summed E-state index contributed by atoms with van der Waals surface area (Å²) in [5, 5.41) is 2.91. The van der Waals surface area contributed by atoms with Gasteiger partial charge in [-0.1, -0.05) is 37.3 Å². The van der Waals surface area contributed by atoms with E-state index in [4.69, 9.17) is 0 Å². The molecule has 0 bridgehead atoms. The molecule has 1 saturated heterocycles. The predicted molar refractivity (Wildman–Crippen MR) is 96.6 cm³/mol. The average Bonchev–Trinajstić information content (AvgIpc) is 2.97. The lowest BCUT2D eigenvalue weighted by Gasteiger charge is -2.40. The van der Waals surface area contributed by atoms with Gasteiger partial charge in [-0.15, -0.1) is 0 Å². The van der Waals surface area contributed by atoms with E-state index in [1.54, 1.807) is 6.07 Å². The molecule has 0 radical (unpaired) electrons. The Labute approximate surface area is 146 Å². The zero-order chi connectivity index (χ0) is 17.4. The predicted octanol–water partition coefficient (Wildman–Crippen LogP) is 2.28. The van der Waals surface area contributed by atoms with Gasteiger partial charge in [-0.2, -0.15) is 9.50 Å². The second-order valence-corrected chi connectivity index (χ2v) is 7.27. The molecule has 130 valence electrons. The molecule has 2 aromatic heterocycles. The molecule has 1 N–H and O–H groups in total. The number of fused-ring (bicyclic) bond motifs is 1. The third kappa shape index (κ3) is 3.09. The number of benzene rings is 1. The molecule has 3 heterocycles. The van der Waals surface area contributed by atoms with Gasteiger partial charge in [-0.3, -0.25) is 14.8 Å². The summed E-state index contributed by atoms with van der Waals surface area (Å²) in [7, 11) is 0. The summed E-state index contributed by atoms with van der Waals surface area (Å²) in [5.74, 6) is 1.14. The summed E-state index contributed by atoms with van der Waals surface area (Å²) in [4.78, 5) is 23.5. The molecule has 0 aliphatic carbocycles. The standard InChI is InChI=1S/C19H23N5O/c1-14-20-18-21-16(11-17(25)24(18)22-14)12-23-10-6-9-19(2,13-23)15-7-4-3-5-8-15/h3-5,7-8,11H,6,9-10,12-13H2,1-2H3,(H,20,21,22). The molecule has 0 amide bonds. The van der Waals surface area contributed by atoms with Crippen molar-refractivity contribution in [3.8, 4) is 0 Å². The molecule has 6 nitrogen and oxygen atoms in total. The fraction of sp³-hybridized carbons (Fsp3) is 0.421. The van der Waals surface area contributed by atoms with Crippen molar-refractivity contribution in [3.05, 3.63) is 63.8 Å². The zero-order valence-corrected chi connectivity index (χ0v) is 14.7. The number of hydrogen-bond acceptors (Lipinski definition) is 4. The maximum atomic E-state index is 12.2. The fourth-order valence-electron chi connectivity index (χ4n) is 3.90. The van der Waals surface area contributed by atoms with Crippen molar-refractivity contribution >= 4 is 5.78 Å². The molecule has 3 aromatic rings. The first kappa shape index (κ1) is 16.0. The third-order valence-electron chi connectivity index (χ3n) is 5.13. The van der Waals surface area contributed by atoms with E-state index in [2.05, 4.69) is 57.2 Å². The largest absolute Gasteiger partial charge is 0.297 e. The SMILES string of the molecule is Cc1nc2nc(CN3CCCC(C)(c4ccccc4)C3)cc(=O)n2[nH]1. The van der Waals surface area contributed by atoms with Gasteiger partial charge in [0.25, 0.3) is 11.3 Å². The second-order valence-electron chi connectivity index (χ2n) is 7.27. The Morgan fingerprint density at radius 3 is 2.84 bits per heavy atom. The summed E-state index contributed by atoms with van der Waals surface area (Å²) in [6, 6.07) is 12.3. The minimum Gasteiger partial charge on any atom is -0.297 e. The van der Waals surface area contributed by atoms with Crippen LogP contribution < -0.4 is 5.56 Å². The number of nitrogens with zero attached hydrogens (tertiary/aromatic N) is 4. The minimum absolute atomic E-state index is 0.108. The molecule has 0 spiro atoms. The van der Waals surface area contributed by atoms with Gasteiger partial charge in [0.15, 0.2) is 0 Å². The third-order valence-corrected chi connectivity index (χ3v) is 5.13. The molecule has 4 rings (SSSR count). The highest BCUT2D eigenvalue weighted by Gasteiger charge is 2.32. The van der Waals surface area contributed by atoms with Gasteiger partial charge in [0.1, 0.15) is 5.82 Å². The Kier molecular flexibility index (Phi) is 3.92. The molecule has 1 aliphatic rings. The van der Waals surface area contributed by atoms with Crippen LogP contribution in [0, 0.1) is 6.92 Å². The molecular formula is C19H23N5O. The van der Waals surface area contributed by atoms with Crippen LogP contribution in [0.1, 0.15) is 36.8 Å². The fourth-order valence-corrected chi connectivity index (χ4v) is 3.90. The van der Waals surface area contributed by atoms with Crippen molar-refractivity contribution in [2.75, 3.05) is 13.1 Å². The van der Waals surface area contributed by atoms with E-state index in [1.165, 1.54) is 16.5 Å². The van der Waals surface area contributed by atoms with Crippen LogP contribution in [0.3, 0.4) is 0 Å². The van der Waals surface area contributed by atoms with Gasteiger partial charge in [-0.25, -0.2) is 4.98 Å². The topological polar surface area (TPSA) is 66.3 Å². The quantitative estimate of drug-likeness (QED) is 0.796. The van der Waals surface area contributed by atoms with Crippen molar-refractivity contribution in [3.63, 3.8) is 0 Å². The summed E-state index contributed by atoms with van der Waals surface area (Å²) in [6.07, 6.45) is 2.33. The van der Waals surface area contributed by atoms with Gasteiger partial charge in [0, 0.05) is 24.6 Å². The number of aromatic nitrogens is 4. The van der Waals surface area contributed by atoms with Gasteiger partial charge >= 0.3 is 0 Å². The van der Waals surface area contributed by atoms with Crippen LogP contribution in [-0.4, -0.2) is 37.6 Å². The van der Waals surface area contributed by atoms with E-state index in [9.17, 15) is 4.79 Å². The summed E-state index contributed by atoms with van der Waals surface area (Å²) in [6.45, 7) is 6.83. The molecule has 25 heavy (non-hydrogen) atoms. The van der Waals surface area contributed by atoms with E-state index < -0.39 is 0 Å². The smallest absolute Gasteiger partial charge is 0.274 e. The van der Waals surface area contributed by atoms with Crippen LogP contribution in [0.4, 0.5) is 0 Å². The number of rotatable bonds is 3. The lowest BCUT2D eigenvalue weighted by Crippen LogP contribution is -2.44. The molecular weight excluding hydrogens is 314 g/mol. The average molecular weight is 337 g/mol. The Morgan fingerprint density at radius 2 is 2.04 bits per heavy atom. The van der Waals surface area contributed by atoms with Crippen molar-refractivity contribution < 1.29 is 0 Å². The zero-order valence-electron chi connectivity index (χ0n) is 14.7. The van der Waals surface area contributed by atoms with E-state index in [-0.39, 0.29) is 11.0 Å². The van der Waals surface area contributed by atoms with Gasteiger partial charge in [-0.05, 0) is 31.9 Å². The monoisotopic (exact) mass is 337 g/mol. The maximum absolute atomic E-state index is 12.2. The van der Waals surface area contributed by atoms with Gasteiger partial charge < -0.3 is 0 Å². The number of aromatic amines is 1. The highest BCUT2D eigenvalue weighted by molar-refractivity contribution is 5.28. The molecule has 1 unspecified atom stereocenters. The summed E-state index contributed by atoms with van der Waals surface area (Å²) in [5.41, 5.74) is 2.20. The first-order valence-corrected chi connectivity index (χ1v) is 8.77. The number of hydrogen-bond donors (Lipinski definition) is 1. The van der Waals surface area contributed by atoms with Crippen LogP contribution in [-0.2, 0) is 12.0 Å². The minimum atomic E-state index is -0.108. The second kappa shape index (κ2) is 6.11. The van der Waals surface area contributed by atoms with Crippen LogP contribution in [0.15, 0.2) is 41.2 Å². The van der Waals surface area contributed by atoms with Crippen molar-refractivity contribution in [1.29, 1.82) is 0 Å². The molecule has 6 heteroatoms. The number of likely N-dealkylation sites (tertiary alicyclic amines) is 1. The molecule has 0 saturated carbocycles. The highest BCUT2D eigenvalue weighted by Crippen LogP contribution is 2.33. The molecule has 1 aromatic carbocycles. The molecule has 1 fully saturated rings. The Morgan fingerprint density at radius 1 is 1.24 bits per heavy atom. The van der Waals surface area contributed by atoms with E-state index in [0.717, 1.165) is 25.2 Å². The Balaban J connectivity index is 1.57. The molecule has 1 atom stereocenters. The van der Waals surface area contributed by atoms with E-state index in [0.29, 0.717) is 18.1 Å². The first-order chi connectivity index (χ1) is 12.0. The number of nitrogens with one attached hydrogen (secondary N) is 1. The normalized spacial score (nSPS) is 21.7. The van der Waals surface area contributed by atoms with Crippen molar-refractivity contribution in [2.45, 2.75) is 38.6 Å². The van der Waals surface area contributed by atoms with Crippen LogP contribution in [0.5, 0.6) is 0 Å². The number of H-pyrrole nitrogens is 1. The number of aryl methyl sites for hydroxylation is 1. The number of piperidine rings is 1. The Hall–Kier alpha value is -2.47. The van der Waals surface area contributed by atoms with E-state index >= 15 is 0 Å². The van der Waals surface area contributed by atoms with Crippen LogP contribution >= 0.6 is 0 Å². The van der Waals surface area contributed by atoms with Gasteiger partial charge in [0.05, 0.1) is 5.69 Å². The highest BCUT2D eigenvalue weighted by atomic mass is 16.1. The molecule has 1 aliphatic heterocycles. The van der Waals surface area contributed by atoms with Crippen molar-refractivity contribution in [1.82, 2.24) is 24.5 Å². The lowest BCUT2D eigenvalue weighted by atomic mass is 9.76. The first-order valence-electron chi connectivity index (χ1n) is 8.77. The van der Waals surface area contributed by atoms with Crippen LogP contribution in [0.2, 0.25) is 0 Å². The van der Waals surface area contributed by atoms with Crippen LogP contribution in [0.25, 0.3) is 5.78 Å². The van der Waals surface area contributed by atoms with Gasteiger partial charge in [0.2, 0.25) is 0 Å². The lowest BCUT2D eigenvalue weighted by molar-refractivity contribution is 0.148. The summed E-state index contributed by atoms with van der Waals surface area (Å²) < 4.78 is 1.39. The van der Waals surface area contributed by atoms with Crippen molar-refractivity contribution in [2.24, 2.45) is 0 Å². The maximum Gasteiger partial charge on any atom is 0.274 e. The summed E-state index contributed by atoms with van der Waals surface area (Å²) >= 11 is 0.